The van der Waals surface area contributed by atoms with Gasteiger partial charge in [0.15, 0.2) is 29.2 Å². The van der Waals surface area contributed by atoms with Crippen LogP contribution in [-0.4, -0.2) is 33.2 Å². The minimum absolute atomic E-state index is 0.116. The molecule has 1 saturated heterocycles. The second-order valence-electron chi connectivity index (χ2n) is 8.17. The first kappa shape index (κ1) is 24.5. The summed E-state index contributed by atoms with van der Waals surface area (Å²) in [6, 6.07) is 13.7. The van der Waals surface area contributed by atoms with Gasteiger partial charge < -0.3 is 29.4 Å². The third kappa shape index (κ3) is 4.67. The number of ether oxygens (including phenoxy) is 5. The van der Waals surface area contributed by atoms with Crippen LogP contribution in [0.2, 0.25) is 0 Å². The Balaban J connectivity index is 1.79. The van der Waals surface area contributed by atoms with Crippen LogP contribution in [0.5, 0.6) is 23.0 Å². The number of nitrogens with two attached hydrogens (primary N) is 1. The zero-order valence-corrected chi connectivity index (χ0v) is 20.5. The van der Waals surface area contributed by atoms with Gasteiger partial charge in [-0.1, -0.05) is 12.1 Å². The lowest BCUT2D eigenvalue weighted by Crippen LogP contribution is -2.41. The van der Waals surface area contributed by atoms with Crippen molar-refractivity contribution in [3.63, 3.8) is 0 Å². The normalized spacial score (nSPS) is 23.2. The molecule has 2 aromatic rings. The largest absolute Gasteiger partial charge is 0.493 e. The second kappa shape index (κ2) is 10.8. The van der Waals surface area contributed by atoms with Crippen LogP contribution in [0.15, 0.2) is 47.9 Å². The summed E-state index contributed by atoms with van der Waals surface area (Å²) in [4.78, 5) is 0. The lowest BCUT2D eigenvalue weighted by Gasteiger charge is -2.36. The average molecular weight is 481 g/mol. The van der Waals surface area contributed by atoms with E-state index in [1.807, 2.05) is 57.2 Å². The molecule has 2 heterocycles. The monoisotopic (exact) mass is 480 g/mol. The van der Waals surface area contributed by atoms with Crippen LogP contribution in [0.1, 0.15) is 43.9 Å². The molecule has 0 saturated carbocycles. The smallest absolute Gasteiger partial charge is 0.200 e. The number of hydrogen-bond donors (Lipinski definition) is 3. The number of benzene rings is 2. The van der Waals surface area contributed by atoms with E-state index in [1.165, 1.54) is 0 Å². The van der Waals surface area contributed by atoms with E-state index >= 15 is 0 Å². The molecule has 2 aromatic carbocycles. The van der Waals surface area contributed by atoms with Gasteiger partial charge in [0, 0.05) is 11.8 Å². The summed E-state index contributed by atoms with van der Waals surface area (Å²) >= 11 is 0. The van der Waals surface area contributed by atoms with Gasteiger partial charge in [0.1, 0.15) is 6.07 Å². The zero-order chi connectivity index (χ0) is 24.9. The SMILES string of the molecule is CCOc1ccc(C2NNC3OC(N)=C(C#N)C(c4ccc(OCC)c(OCC)c4)C32)cc1OC. The number of rotatable bonds is 9. The summed E-state index contributed by atoms with van der Waals surface area (Å²) in [5, 5.41) is 10.1. The summed E-state index contributed by atoms with van der Waals surface area (Å²) in [7, 11) is 1.61. The van der Waals surface area contributed by atoms with E-state index in [9.17, 15) is 5.26 Å². The van der Waals surface area contributed by atoms with Crippen molar-refractivity contribution in [2.75, 3.05) is 26.9 Å². The Labute approximate surface area is 205 Å². The quantitative estimate of drug-likeness (QED) is 0.495. The average Bonchev–Trinajstić information content (AvgIpc) is 3.28. The van der Waals surface area contributed by atoms with Gasteiger partial charge in [0.25, 0.3) is 0 Å². The molecule has 0 bridgehead atoms. The van der Waals surface area contributed by atoms with Crippen molar-refractivity contribution in [1.82, 2.24) is 10.9 Å². The summed E-state index contributed by atoms with van der Waals surface area (Å²) < 4.78 is 28.8. The van der Waals surface area contributed by atoms with Crippen molar-refractivity contribution < 1.29 is 23.7 Å². The fourth-order valence-corrected chi connectivity index (χ4v) is 4.79. The highest BCUT2D eigenvalue weighted by molar-refractivity contribution is 5.50. The lowest BCUT2D eigenvalue weighted by molar-refractivity contribution is 0.0340. The molecular formula is C26H32N4O5. The maximum atomic E-state index is 10.1. The Morgan fingerprint density at radius 2 is 1.49 bits per heavy atom. The molecule has 186 valence electrons. The third-order valence-corrected chi connectivity index (χ3v) is 6.22. The number of nitrogens with one attached hydrogen (secondary N) is 2. The molecule has 4 rings (SSSR count). The predicted molar refractivity (Wildman–Crippen MR) is 130 cm³/mol. The number of fused-ring (bicyclic) bond motifs is 1. The fourth-order valence-electron chi connectivity index (χ4n) is 4.79. The molecule has 9 nitrogen and oxygen atoms in total. The van der Waals surface area contributed by atoms with Gasteiger partial charge in [0.05, 0.1) is 38.5 Å². The molecule has 4 atom stereocenters. The topological polar surface area (TPSA) is 120 Å². The van der Waals surface area contributed by atoms with Crippen LogP contribution in [-0.2, 0) is 4.74 Å². The molecule has 0 amide bonds. The minimum Gasteiger partial charge on any atom is -0.493 e. The van der Waals surface area contributed by atoms with Crippen molar-refractivity contribution >= 4 is 0 Å². The first-order chi connectivity index (χ1) is 17.1. The molecular weight excluding hydrogens is 448 g/mol. The van der Waals surface area contributed by atoms with Crippen molar-refractivity contribution in [3.8, 4) is 29.1 Å². The third-order valence-electron chi connectivity index (χ3n) is 6.22. The van der Waals surface area contributed by atoms with Gasteiger partial charge in [-0.3, -0.25) is 0 Å². The number of hydrogen-bond acceptors (Lipinski definition) is 9. The summed E-state index contributed by atoms with van der Waals surface area (Å²) in [5.74, 6) is 2.18. The molecule has 0 spiro atoms. The molecule has 9 heteroatoms. The van der Waals surface area contributed by atoms with Crippen LogP contribution in [0.4, 0.5) is 0 Å². The number of nitrogens with zero attached hydrogens (tertiary/aromatic N) is 1. The van der Waals surface area contributed by atoms with E-state index in [1.54, 1.807) is 7.11 Å². The number of hydrazine groups is 1. The van der Waals surface area contributed by atoms with E-state index in [0.717, 1.165) is 11.1 Å². The van der Waals surface area contributed by atoms with Crippen LogP contribution >= 0.6 is 0 Å². The van der Waals surface area contributed by atoms with Crippen LogP contribution in [0, 0.1) is 17.2 Å². The molecule has 0 aliphatic carbocycles. The van der Waals surface area contributed by atoms with Crippen molar-refractivity contribution in [2.24, 2.45) is 11.7 Å². The number of methoxy groups -OCH3 is 1. The number of nitriles is 1. The van der Waals surface area contributed by atoms with Gasteiger partial charge in [-0.2, -0.15) is 5.26 Å². The maximum absolute atomic E-state index is 10.1. The summed E-state index contributed by atoms with van der Waals surface area (Å²) in [5.41, 5.74) is 15.0. The van der Waals surface area contributed by atoms with E-state index in [2.05, 4.69) is 16.9 Å². The zero-order valence-electron chi connectivity index (χ0n) is 20.5. The van der Waals surface area contributed by atoms with E-state index < -0.39 is 6.23 Å². The molecule has 1 fully saturated rings. The van der Waals surface area contributed by atoms with Gasteiger partial charge in [0.2, 0.25) is 5.88 Å². The Hall–Kier alpha value is -3.61. The molecule has 35 heavy (non-hydrogen) atoms. The molecule has 2 aliphatic rings. The predicted octanol–water partition coefficient (Wildman–Crippen LogP) is 3.49. The van der Waals surface area contributed by atoms with Crippen molar-refractivity contribution in [3.05, 3.63) is 59.0 Å². The summed E-state index contributed by atoms with van der Waals surface area (Å²) in [6.07, 6.45) is -0.443. The highest BCUT2D eigenvalue weighted by Crippen LogP contribution is 2.49. The molecule has 4 unspecified atom stereocenters. The van der Waals surface area contributed by atoms with Crippen LogP contribution in [0.3, 0.4) is 0 Å². The van der Waals surface area contributed by atoms with E-state index in [0.29, 0.717) is 48.4 Å². The first-order valence-corrected chi connectivity index (χ1v) is 11.8. The van der Waals surface area contributed by atoms with Gasteiger partial charge >= 0.3 is 0 Å². The van der Waals surface area contributed by atoms with E-state index in [4.69, 9.17) is 29.4 Å². The molecule has 4 N–H and O–H groups in total. The second-order valence-corrected chi connectivity index (χ2v) is 8.17. The number of allylic oxidation sites excluding steroid dienone is 1. The molecule has 0 radical (unpaired) electrons. The van der Waals surface area contributed by atoms with Crippen LogP contribution < -0.4 is 35.5 Å². The van der Waals surface area contributed by atoms with Gasteiger partial charge in [-0.05, 0) is 56.2 Å². The fraction of sp³-hybridized carbons (Fsp3) is 0.423. The standard InChI is InChI=1S/C26H32N4O5/c1-5-32-18-11-9-16(13-20(18)31-4)24-23-22(17(14-27)25(28)35-26(23)30-29-24)15-8-10-19(33-6-2)21(12-15)34-7-3/h8-13,22-24,26,29-30H,5-7,28H2,1-4H3. The lowest BCUT2D eigenvalue weighted by atomic mass is 9.74. The minimum atomic E-state index is -0.443. The Bertz CT molecular complexity index is 1130. The van der Waals surface area contributed by atoms with Crippen molar-refractivity contribution in [1.29, 1.82) is 5.26 Å². The summed E-state index contributed by atoms with van der Waals surface area (Å²) in [6.45, 7) is 7.32. The highest BCUT2D eigenvalue weighted by atomic mass is 16.5. The Morgan fingerprint density at radius 3 is 2.11 bits per heavy atom. The first-order valence-electron chi connectivity index (χ1n) is 11.8. The Kier molecular flexibility index (Phi) is 7.54. The van der Waals surface area contributed by atoms with Gasteiger partial charge in [-0.25, -0.2) is 10.9 Å². The molecule has 2 aliphatic heterocycles. The van der Waals surface area contributed by atoms with E-state index in [-0.39, 0.29) is 23.8 Å². The van der Waals surface area contributed by atoms with Crippen molar-refractivity contribution in [2.45, 2.75) is 39.0 Å². The maximum Gasteiger partial charge on any atom is 0.200 e. The highest BCUT2D eigenvalue weighted by Gasteiger charge is 2.49. The van der Waals surface area contributed by atoms with Crippen LogP contribution in [0.25, 0.3) is 0 Å². The Morgan fingerprint density at radius 1 is 0.886 bits per heavy atom. The molecule has 0 aromatic heterocycles. The van der Waals surface area contributed by atoms with Gasteiger partial charge in [-0.15, -0.1) is 0 Å².